The molecule has 0 unspecified atom stereocenters. The number of fused-ring (bicyclic) bond motifs is 2. The standard InChI is InChI=1S/C19H13N.C6H4N2O4/c1-2-8-14(9-3-1)19-15-10-4-6-12-17(15)20-18-13-7-5-11-16(18)19;9-7(10)5-2-1-3-6(4-5)8(11)12/h1-13H;1-4H. The van der Waals surface area contributed by atoms with Gasteiger partial charge in [0.1, 0.15) is 0 Å². The molecule has 156 valence electrons. The molecule has 0 bridgehead atoms. The van der Waals surface area contributed by atoms with Crippen molar-refractivity contribution in [1.82, 2.24) is 4.98 Å². The van der Waals surface area contributed by atoms with E-state index in [1.165, 1.54) is 40.1 Å². The molecule has 0 saturated heterocycles. The van der Waals surface area contributed by atoms with Crippen LogP contribution in [0.1, 0.15) is 0 Å². The molecular weight excluding hydrogens is 406 g/mol. The average Bonchev–Trinajstić information content (AvgIpc) is 2.83. The molecule has 1 heterocycles. The molecule has 0 N–H and O–H groups in total. The molecule has 0 spiro atoms. The van der Waals surface area contributed by atoms with Crippen LogP contribution in [0.25, 0.3) is 32.9 Å². The summed E-state index contributed by atoms with van der Waals surface area (Å²) in [4.78, 5) is 23.7. The van der Waals surface area contributed by atoms with Gasteiger partial charge < -0.3 is 0 Å². The molecule has 0 aliphatic carbocycles. The number of benzene rings is 4. The molecule has 5 aromatic rings. The number of nitro groups is 2. The van der Waals surface area contributed by atoms with Gasteiger partial charge in [-0.3, -0.25) is 20.2 Å². The summed E-state index contributed by atoms with van der Waals surface area (Å²) in [6, 6.07) is 31.8. The first-order valence-electron chi connectivity index (χ1n) is 9.76. The second-order valence-corrected chi connectivity index (χ2v) is 6.92. The fraction of sp³-hybridized carbons (Fsp3) is 0. The predicted molar refractivity (Wildman–Crippen MR) is 124 cm³/mol. The number of aromatic nitrogens is 1. The maximum Gasteiger partial charge on any atom is 0.276 e. The molecule has 7 heteroatoms. The molecule has 5 rings (SSSR count). The lowest BCUT2D eigenvalue weighted by Crippen LogP contribution is -1.91. The first-order valence-corrected chi connectivity index (χ1v) is 9.76. The molecule has 0 atom stereocenters. The van der Waals surface area contributed by atoms with Crippen molar-refractivity contribution >= 4 is 33.2 Å². The lowest BCUT2D eigenvalue weighted by molar-refractivity contribution is -0.394. The minimum Gasteiger partial charge on any atom is -0.258 e. The summed E-state index contributed by atoms with van der Waals surface area (Å²) in [5.74, 6) is 0. The lowest BCUT2D eigenvalue weighted by atomic mass is 9.96. The summed E-state index contributed by atoms with van der Waals surface area (Å²) >= 11 is 0. The van der Waals surface area contributed by atoms with Gasteiger partial charge in [0, 0.05) is 28.5 Å². The van der Waals surface area contributed by atoms with Crippen LogP contribution < -0.4 is 0 Å². The molecular formula is C25H17N3O4. The van der Waals surface area contributed by atoms with Crippen LogP contribution in [-0.2, 0) is 0 Å². The van der Waals surface area contributed by atoms with Crippen LogP contribution in [-0.4, -0.2) is 14.8 Å². The zero-order valence-corrected chi connectivity index (χ0v) is 16.8. The third kappa shape index (κ3) is 4.27. The largest absolute Gasteiger partial charge is 0.276 e. The monoisotopic (exact) mass is 423 g/mol. The van der Waals surface area contributed by atoms with Crippen molar-refractivity contribution in [3.63, 3.8) is 0 Å². The molecule has 0 saturated carbocycles. The first-order chi connectivity index (χ1) is 15.5. The van der Waals surface area contributed by atoms with E-state index in [1.54, 1.807) is 0 Å². The number of non-ortho nitro benzene ring substituents is 2. The summed E-state index contributed by atoms with van der Waals surface area (Å²) < 4.78 is 0. The molecule has 0 fully saturated rings. The van der Waals surface area contributed by atoms with E-state index in [9.17, 15) is 20.2 Å². The van der Waals surface area contributed by atoms with Gasteiger partial charge in [-0.2, -0.15) is 0 Å². The van der Waals surface area contributed by atoms with E-state index in [0.717, 1.165) is 17.1 Å². The highest BCUT2D eigenvalue weighted by atomic mass is 16.6. The van der Waals surface area contributed by atoms with Crippen LogP contribution in [0.3, 0.4) is 0 Å². The Morgan fingerprint density at radius 3 is 1.53 bits per heavy atom. The molecule has 7 nitrogen and oxygen atoms in total. The van der Waals surface area contributed by atoms with Crippen LogP contribution in [0.5, 0.6) is 0 Å². The third-order valence-electron chi connectivity index (χ3n) is 4.90. The SMILES string of the molecule is O=[N+]([O-])c1cccc([N+](=O)[O-])c1.c1ccc(-c2c3ccccc3nc3ccccc23)cc1. The second kappa shape index (κ2) is 9.01. The zero-order chi connectivity index (χ0) is 22.5. The van der Waals surface area contributed by atoms with Crippen LogP contribution >= 0.6 is 0 Å². The van der Waals surface area contributed by atoms with Gasteiger partial charge in [-0.05, 0) is 23.8 Å². The summed E-state index contributed by atoms with van der Waals surface area (Å²) in [6.07, 6.45) is 0. The Morgan fingerprint density at radius 1 is 0.562 bits per heavy atom. The molecule has 0 amide bonds. The van der Waals surface area contributed by atoms with E-state index in [4.69, 9.17) is 4.98 Å². The van der Waals surface area contributed by atoms with Crippen molar-refractivity contribution in [3.05, 3.63) is 123 Å². The van der Waals surface area contributed by atoms with Crippen molar-refractivity contribution < 1.29 is 9.85 Å². The number of nitrogens with zero attached hydrogens (tertiary/aromatic N) is 3. The zero-order valence-electron chi connectivity index (χ0n) is 16.8. The van der Waals surface area contributed by atoms with Gasteiger partial charge in [-0.15, -0.1) is 0 Å². The van der Waals surface area contributed by atoms with E-state index >= 15 is 0 Å². The number of hydrogen-bond acceptors (Lipinski definition) is 5. The Morgan fingerprint density at radius 2 is 1.03 bits per heavy atom. The van der Waals surface area contributed by atoms with Gasteiger partial charge >= 0.3 is 0 Å². The molecule has 0 aliphatic heterocycles. The smallest absolute Gasteiger partial charge is 0.258 e. The maximum absolute atomic E-state index is 10.2. The summed E-state index contributed by atoms with van der Waals surface area (Å²) in [5, 5.41) is 22.7. The van der Waals surface area contributed by atoms with Crippen molar-refractivity contribution in [2.75, 3.05) is 0 Å². The average molecular weight is 423 g/mol. The van der Waals surface area contributed by atoms with E-state index < -0.39 is 9.85 Å². The van der Waals surface area contributed by atoms with Gasteiger partial charge in [-0.25, -0.2) is 4.98 Å². The minimum atomic E-state index is -0.674. The van der Waals surface area contributed by atoms with Crippen molar-refractivity contribution in [2.45, 2.75) is 0 Å². The van der Waals surface area contributed by atoms with Crippen molar-refractivity contribution in [3.8, 4) is 11.1 Å². The molecule has 1 aromatic heterocycles. The molecule has 32 heavy (non-hydrogen) atoms. The Labute approximate surface area is 182 Å². The topological polar surface area (TPSA) is 99.2 Å². The van der Waals surface area contributed by atoms with Crippen LogP contribution in [0, 0.1) is 20.2 Å². The van der Waals surface area contributed by atoms with Crippen LogP contribution in [0.2, 0.25) is 0 Å². The van der Waals surface area contributed by atoms with Gasteiger partial charge in [0.25, 0.3) is 11.4 Å². The van der Waals surface area contributed by atoms with Gasteiger partial charge in [0.15, 0.2) is 0 Å². The Balaban J connectivity index is 0.000000176. The Kier molecular flexibility index (Phi) is 5.81. The van der Waals surface area contributed by atoms with Crippen molar-refractivity contribution in [2.24, 2.45) is 0 Å². The maximum atomic E-state index is 10.2. The second-order valence-electron chi connectivity index (χ2n) is 6.92. The number of para-hydroxylation sites is 2. The number of pyridine rings is 1. The number of nitro benzene ring substituents is 2. The molecule has 4 aromatic carbocycles. The highest BCUT2D eigenvalue weighted by molar-refractivity contribution is 6.09. The third-order valence-corrected chi connectivity index (χ3v) is 4.90. The highest BCUT2D eigenvalue weighted by Crippen LogP contribution is 2.34. The normalized spacial score (nSPS) is 10.4. The first kappa shape index (κ1) is 20.6. The van der Waals surface area contributed by atoms with E-state index in [0.29, 0.717) is 0 Å². The lowest BCUT2D eigenvalue weighted by Gasteiger charge is -2.10. The molecule has 0 aliphatic rings. The van der Waals surface area contributed by atoms with Crippen LogP contribution in [0.15, 0.2) is 103 Å². The van der Waals surface area contributed by atoms with Gasteiger partial charge in [0.05, 0.1) is 26.9 Å². The van der Waals surface area contributed by atoms with Gasteiger partial charge in [-0.1, -0.05) is 66.7 Å². The summed E-state index contributed by atoms with van der Waals surface area (Å²) in [7, 11) is 0. The van der Waals surface area contributed by atoms with Crippen molar-refractivity contribution in [1.29, 1.82) is 0 Å². The minimum absolute atomic E-state index is 0.274. The quantitative estimate of drug-likeness (QED) is 0.186. The van der Waals surface area contributed by atoms with Crippen LogP contribution in [0.4, 0.5) is 11.4 Å². The summed E-state index contributed by atoms with van der Waals surface area (Å²) in [5.41, 5.74) is 4.05. The Bertz CT molecular complexity index is 1350. The fourth-order valence-electron chi connectivity index (χ4n) is 3.48. The van der Waals surface area contributed by atoms with E-state index in [-0.39, 0.29) is 11.4 Å². The highest BCUT2D eigenvalue weighted by Gasteiger charge is 2.12. The van der Waals surface area contributed by atoms with E-state index in [1.807, 2.05) is 12.1 Å². The number of rotatable bonds is 3. The fourth-order valence-corrected chi connectivity index (χ4v) is 3.48. The van der Waals surface area contributed by atoms with E-state index in [2.05, 4.69) is 66.7 Å². The Hall–Kier alpha value is -4.65. The summed E-state index contributed by atoms with van der Waals surface area (Å²) in [6.45, 7) is 0. The van der Waals surface area contributed by atoms with Gasteiger partial charge in [0.2, 0.25) is 0 Å². The number of hydrogen-bond donors (Lipinski definition) is 0. The predicted octanol–water partition coefficient (Wildman–Crippen LogP) is 6.56. The molecule has 0 radical (unpaired) electrons.